The van der Waals surface area contributed by atoms with E-state index >= 15 is 0 Å². The van der Waals surface area contributed by atoms with E-state index in [4.69, 9.17) is 0 Å². The van der Waals surface area contributed by atoms with Crippen LogP contribution in [0.25, 0.3) is 21.5 Å². The molecule has 0 saturated carbocycles. The molecule has 6 heteroatoms. The van der Waals surface area contributed by atoms with Crippen LogP contribution in [0.15, 0.2) is 120 Å². The van der Waals surface area contributed by atoms with Crippen LogP contribution in [0, 0.1) is 19.9 Å². The predicted molar refractivity (Wildman–Crippen MR) is 211 cm³/mol. The molecule has 5 aromatic rings. The molecular weight excluding hydrogens is 751 g/mol. The molecule has 6 rings (SSSR count). The minimum atomic E-state index is -1.22. The summed E-state index contributed by atoms with van der Waals surface area (Å²) in [6, 6.07) is 36.7. The van der Waals surface area contributed by atoms with E-state index in [1.54, 1.807) is 10.4 Å². The Morgan fingerprint density at radius 3 is 1.35 bits per heavy atom. The van der Waals surface area contributed by atoms with Gasteiger partial charge in [-0.15, -0.1) is 45.3 Å². The van der Waals surface area contributed by atoms with Gasteiger partial charge < -0.3 is 24.8 Å². The number of hydrogen-bond donors (Lipinski definition) is 0. The molecule has 0 bridgehead atoms. The number of hydrogen-bond acceptors (Lipinski definition) is 0. The zero-order chi connectivity index (χ0) is 33.9. The Labute approximate surface area is 321 Å². The standard InChI is InChI=1S/C15H13.C14H29Si3.C13H10.2ClH.Zr/c1-10-3-5-14-12(7-10)9-13-8-11(2)4-6-15(13)14;1-15(2,3)12-10-13(16(4,5)6)14(11-12)17(7,8)9;1-3-7-12(8-4-1)11-13-9-5-2-6-10-13;;;/h3-9H,1-2H3;10,12H,1-9H3;1-10H;2*1H;/q2*-1;;;;+2/p-2. The van der Waals surface area contributed by atoms with E-state index in [0.717, 1.165) is 0 Å². The van der Waals surface area contributed by atoms with Crippen molar-refractivity contribution in [2.24, 2.45) is 0 Å². The van der Waals surface area contributed by atoms with Gasteiger partial charge in [-0.05, 0) is 21.9 Å². The van der Waals surface area contributed by atoms with Crippen LogP contribution in [0.4, 0.5) is 0 Å². The third-order valence-corrected chi connectivity index (χ3v) is 16.3. The third-order valence-electron chi connectivity index (χ3n) is 8.53. The second-order valence-electron chi connectivity index (χ2n) is 15.9. The number of benzene rings is 4. The average Bonchev–Trinajstić information content (AvgIpc) is 3.61. The second-order valence-corrected chi connectivity index (χ2v) is 32.5. The van der Waals surface area contributed by atoms with Gasteiger partial charge >= 0.3 is 99.2 Å². The zero-order valence-electron chi connectivity index (χ0n) is 30.7. The fourth-order valence-electron chi connectivity index (χ4n) is 5.87. The molecule has 48 heavy (non-hydrogen) atoms. The van der Waals surface area contributed by atoms with E-state index in [1.165, 1.54) is 71.2 Å². The Hall–Kier alpha value is -1.79. The van der Waals surface area contributed by atoms with Gasteiger partial charge in [0.05, 0.1) is 0 Å². The first-order valence-electron chi connectivity index (χ1n) is 16.6. The molecular formula is C42H52Cl2Si3Zr-2. The molecule has 252 valence electrons. The van der Waals surface area contributed by atoms with E-state index in [9.17, 15) is 0 Å². The van der Waals surface area contributed by atoms with Crippen molar-refractivity contribution in [1.29, 1.82) is 0 Å². The summed E-state index contributed by atoms with van der Waals surface area (Å²) in [7, 11) is -3.55. The topological polar surface area (TPSA) is 0 Å². The molecule has 0 aromatic heterocycles. The van der Waals surface area contributed by atoms with Crippen LogP contribution in [-0.2, 0) is 24.2 Å². The number of fused-ring (bicyclic) bond motifs is 3. The van der Waals surface area contributed by atoms with Gasteiger partial charge in [-0.2, -0.15) is 6.08 Å². The van der Waals surface area contributed by atoms with Crippen molar-refractivity contribution in [2.75, 3.05) is 0 Å². The molecule has 0 spiro atoms. The number of allylic oxidation sites excluding steroid dienone is 4. The van der Waals surface area contributed by atoms with E-state index in [-0.39, 0.29) is 24.8 Å². The summed E-state index contributed by atoms with van der Waals surface area (Å²) in [6.45, 7) is 26.5. The molecule has 1 aliphatic rings. The molecule has 0 aliphatic heterocycles. The quantitative estimate of drug-likeness (QED) is 0.146. The third kappa shape index (κ3) is 11.1. The van der Waals surface area contributed by atoms with Crippen molar-refractivity contribution in [3.63, 3.8) is 0 Å². The van der Waals surface area contributed by atoms with Crippen LogP contribution in [0.1, 0.15) is 22.3 Å². The molecule has 0 N–H and O–H groups in total. The van der Waals surface area contributed by atoms with Gasteiger partial charge in [0.15, 0.2) is 0 Å². The first kappa shape index (κ1) is 42.4. The molecule has 1 aliphatic carbocycles. The number of halogens is 2. The van der Waals surface area contributed by atoms with E-state index in [1.807, 2.05) is 0 Å². The molecule has 0 radical (unpaired) electrons. The molecule has 1 atom stereocenters. The van der Waals surface area contributed by atoms with Gasteiger partial charge in [-0.3, -0.25) is 6.08 Å². The Bertz CT molecular complexity index is 1740. The molecule has 1 unspecified atom stereocenters. The molecule has 0 nitrogen and oxygen atoms in total. The summed E-state index contributed by atoms with van der Waals surface area (Å²) in [4.78, 5) is 0. The molecule has 0 saturated heterocycles. The monoisotopic (exact) mass is 800 g/mol. The first-order valence-corrected chi connectivity index (χ1v) is 28.4. The number of rotatable bonds is 5. The SMILES string of the molecule is C[Si](C)(C)C1=[C-]C([Si](C)(C)C)C=C1[Si](C)(C)C.Cc1ccc2c(c1)[cH-]c1cc(C)ccc12.[Cl-].[Cl-].[Zr+2]=[C](c1ccccc1)c1ccccc1. The van der Waals surface area contributed by atoms with Gasteiger partial charge in [-0.1, -0.05) is 94.3 Å². The Morgan fingerprint density at radius 2 is 1.02 bits per heavy atom. The van der Waals surface area contributed by atoms with Gasteiger partial charge in [-0.25, -0.2) is 10.4 Å². The first-order chi connectivity index (χ1) is 21.4. The van der Waals surface area contributed by atoms with Gasteiger partial charge in [0.25, 0.3) is 0 Å². The van der Waals surface area contributed by atoms with Crippen LogP contribution >= 0.6 is 0 Å². The molecule has 0 fully saturated rings. The van der Waals surface area contributed by atoms with E-state index < -0.39 is 24.2 Å². The van der Waals surface area contributed by atoms with Gasteiger partial charge in [0, 0.05) is 16.1 Å². The van der Waals surface area contributed by atoms with Crippen molar-refractivity contribution < 1.29 is 49.0 Å². The van der Waals surface area contributed by atoms with E-state index in [0.29, 0.717) is 5.54 Å². The maximum absolute atomic E-state index is 3.91. The summed E-state index contributed by atoms with van der Waals surface area (Å²) in [5.41, 5.74) is 5.98. The van der Waals surface area contributed by atoms with Crippen molar-refractivity contribution in [3.8, 4) is 0 Å². The zero-order valence-corrected chi connectivity index (χ0v) is 37.7. The molecule has 5 aromatic carbocycles. The average molecular weight is 803 g/mol. The Kier molecular flexibility index (Phi) is 15.4. The van der Waals surface area contributed by atoms with Gasteiger partial charge in [0.1, 0.15) is 0 Å². The summed E-state index contributed by atoms with van der Waals surface area (Å²) in [5, 5.41) is 8.84. The fraction of sp³-hybridized carbons (Fsp3) is 0.286. The van der Waals surface area contributed by atoms with E-state index in [2.05, 4.69) is 188 Å². The Morgan fingerprint density at radius 1 is 0.604 bits per heavy atom. The van der Waals surface area contributed by atoms with Crippen molar-refractivity contribution in [2.45, 2.75) is 78.3 Å². The van der Waals surface area contributed by atoms with Crippen LogP contribution in [0.3, 0.4) is 0 Å². The number of aryl methyl sites for hydroxylation is 2. The van der Waals surface area contributed by atoms with Crippen LogP contribution < -0.4 is 24.8 Å². The fourth-order valence-corrected chi connectivity index (χ4v) is 13.5. The minimum absolute atomic E-state index is 0. The predicted octanol–water partition coefficient (Wildman–Crippen LogP) is 6.26. The Balaban J connectivity index is 0.000000246. The van der Waals surface area contributed by atoms with Gasteiger partial charge in [0.2, 0.25) is 0 Å². The van der Waals surface area contributed by atoms with Crippen molar-refractivity contribution in [3.05, 3.63) is 148 Å². The summed E-state index contributed by atoms with van der Waals surface area (Å²) >= 11 is 1.46. The maximum atomic E-state index is 3.91. The molecule has 0 heterocycles. The second kappa shape index (κ2) is 17.4. The summed E-state index contributed by atoms with van der Waals surface area (Å²) in [6.07, 6.45) is 6.51. The van der Waals surface area contributed by atoms with Crippen LogP contribution in [-0.4, -0.2) is 27.4 Å². The molecule has 0 amide bonds. The van der Waals surface area contributed by atoms with Crippen molar-refractivity contribution in [1.82, 2.24) is 0 Å². The van der Waals surface area contributed by atoms with Crippen molar-refractivity contribution >= 4 is 49.0 Å². The summed E-state index contributed by atoms with van der Waals surface area (Å²) in [5.74, 6) is 0. The van der Waals surface area contributed by atoms with Crippen LogP contribution in [0.5, 0.6) is 0 Å². The normalized spacial score (nSPS) is 14.4. The van der Waals surface area contributed by atoms with Crippen LogP contribution in [0.2, 0.25) is 64.5 Å². The summed E-state index contributed by atoms with van der Waals surface area (Å²) < 4.78 is 1.42.